The van der Waals surface area contributed by atoms with Gasteiger partial charge in [0.15, 0.2) is 0 Å². The summed E-state index contributed by atoms with van der Waals surface area (Å²) in [6, 6.07) is 2.40. The smallest absolute Gasteiger partial charge is 0.307 e. The van der Waals surface area contributed by atoms with E-state index in [1.165, 1.54) is 6.07 Å². The van der Waals surface area contributed by atoms with Crippen molar-refractivity contribution in [2.75, 3.05) is 5.73 Å². The second-order valence-electron chi connectivity index (χ2n) is 2.50. The SMILES string of the molecule is Nc1c(F)ccc(CC(=O)O)c1Cl. The van der Waals surface area contributed by atoms with Gasteiger partial charge in [0.05, 0.1) is 17.1 Å². The monoisotopic (exact) mass is 203 g/mol. The molecule has 0 saturated heterocycles. The Morgan fingerprint density at radius 2 is 2.23 bits per heavy atom. The van der Waals surface area contributed by atoms with Crippen LogP contribution in [0.25, 0.3) is 0 Å². The molecule has 0 fully saturated rings. The van der Waals surface area contributed by atoms with Crippen LogP contribution in [0.2, 0.25) is 5.02 Å². The highest BCUT2D eigenvalue weighted by Crippen LogP contribution is 2.26. The third-order valence-electron chi connectivity index (χ3n) is 1.55. The molecule has 0 saturated carbocycles. The molecule has 13 heavy (non-hydrogen) atoms. The molecule has 0 aliphatic heterocycles. The number of carboxylic acids is 1. The van der Waals surface area contributed by atoms with E-state index in [-0.39, 0.29) is 17.1 Å². The number of benzene rings is 1. The number of halogens is 2. The fraction of sp³-hybridized carbons (Fsp3) is 0.125. The summed E-state index contributed by atoms with van der Waals surface area (Å²) in [5.74, 6) is -1.67. The molecule has 0 bridgehead atoms. The molecule has 3 nitrogen and oxygen atoms in total. The zero-order valence-corrected chi connectivity index (χ0v) is 7.31. The van der Waals surface area contributed by atoms with E-state index in [0.717, 1.165) is 6.07 Å². The first kappa shape index (κ1) is 9.80. The number of carboxylic acid groups (broad SMARTS) is 1. The quantitative estimate of drug-likeness (QED) is 0.719. The minimum absolute atomic E-state index is 0.0256. The predicted octanol–water partition coefficient (Wildman–Crippen LogP) is 1.69. The number of anilines is 1. The van der Waals surface area contributed by atoms with Crippen molar-refractivity contribution in [1.82, 2.24) is 0 Å². The number of rotatable bonds is 2. The van der Waals surface area contributed by atoms with Crippen LogP contribution in [0.5, 0.6) is 0 Å². The van der Waals surface area contributed by atoms with Crippen LogP contribution in [0.3, 0.4) is 0 Å². The normalized spacial score (nSPS) is 10.0. The molecular formula is C8H7ClFNO2. The molecule has 0 aliphatic carbocycles. The molecule has 3 N–H and O–H groups in total. The zero-order valence-electron chi connectivity index (χ0n) is 6.55. The van der Waals surface area contributed by atoms with Crippen LogP contribution in [0, 0.1) is 5.82 Å². The Morgan fingerprint density at radius 1 is 1.62 bits per heavy atom. The average Bonchev–Trinajstić information content (AvgIpc) is 2.06. The molecule has 0 aromatic heterocycles. The van der Waals surface area contributed by atoms with Gasteiger partial charge in [0.2, 0.25) is 0 Å². The molecule has 1 aromatic carbocycles. The molecule has 0 unspecified atom stereocenters. The third-order valence-corrected chi connectivity index (χ3v) is 1.99. The van der Waals surface area contributed by atoms with Crippen LogP contribution in [-0.2, 0) is 11.2 Å². The first-order valence-electron chi connectivity index (χ1n) is 3.46. The van der Waals surface area contributed by atoms with Gasteiger partial charge in [-0.05, 0) is 11.6 Å². The molecule has 0 amide bonds. The number of hydrogen-bond acceptors (Lipinski definition) is 2. The Balaban J connectivity index is 3.10. The van der Waals surface area contributed by atoms with E-state index in [2.05, 4.69) is 0 Å². The summed E-state index contributed by atoms with van der Waals surface area (Å²) in [5, 5.41) is 8.43. The standard InChI is InChI=1S/C8H7ClFNO2/c9-7-4(3-6(12)13)1-2-5(10)8(7)11/h1-2H,3,11H2,(H,12,13). The van der Waals surface area contributed by atoms with Crippen molar-refractivity contribution in [2.45, 2.75) is 6.42 Å². The second kappa shape index (κ2) is 3.62. The number of aliphatic carboxylic acids is 1. The number of carbonyl (C=O) groups is 1. The van der Waals surface area contributed by atoms with E-state index in [1.807, 2.05) is 0 Å². The molecule has 5 heteroatoms. The van der Waals surface area contributed by atoms with Gasteiger partial charge in [-0.15, -0.1) is 0 Å². The summed E-state index contributed by atoms with van der Waals surface area (Å²) >= 11 is 5.61. The molecular weight excluding hydrogens is 197 g/mol. The van der Waals surface area contributed by atoms with Crippen LogP contribution in [0.4, 0.5) is 10.1 Å². The van der Waals surface area contributed by atoms with Crippen molar-refractivity contribution in [1.29, 1.82) is 0 Å². The zero-order chi connectivity index (χ0) is 10.0. The summed E-state index contributed by atoms with van der Waals surface area (Å²) in [5.41, 5.74) is 5.36. The first-order chi connectivity index (χ1) is 6.02. The van der Waals surface area contributed by atoms with Gasteiger partial charge in [-0.1, -0.05) is 17.7 Å². The molecule has 0 radical (unpaired) electrons. The first-order valence-corrected chi connectivity index (χ1v) is 3.84. The van der Waals surface area contributed by atoms with Crippen molar-refractivity contribution in [3.63, 3.8) is 0 Å². The van der Waals surface area contributed by atoms with Gasteiger partial charge in [-0.25, -0.2) is 4.39 Å². The second-order valence-corrected chi connectivity index (χ2v) is 2.88. The summed E-state index contributed by atoms with van der Waals surface area (Å²) in [6.45, 7) is 0. The molecule has 70 valence electrons. The Hall–Kier alpha value is -1.29. The lowest BCUT2D eigenvalue weighted by molar-refractivity contribution is -0.136. The van der Waals surface area contributed by atoms with Crippen LogP contribution in [0.15, 0.2) is 12.1 Å². The van der Waals surface area contributed by atoms with Gasteiger partial charge in [-0.2, -0.15) is 0 Å². The summed E-state index contributed by atoms with van der Waals surface area (Å²) in [6.07, 6.45) is -0.261. The van der Waals surface area contributed by atoms with Gasteiger partial charge in [0, 0.05) is 0 Å². The van der Waals surface area contributed by atoms with Crippen LogP contribution >= 0.6 is 11.6 Å². The van der Waals surface area contributed by atoms with E-state index < -0.39 is 11.8 Å². The molecule has 0 spiro atoms. The Labute approximate surface area is 78.9 Å². The van der Waals surface area contributed by atoms with E-state index >= 15 is 0 Å². The lowest BCUT2D eigenvalue weighted by atomic mass is 10.1. The number of nitrogens with two attached hydrogens (primary N) is 1. The fourth-order valence-corrected chi connectivity index (χ4v) is 1.13. The molecule has 1 rings (SSSR count). The van der Waals surface area contributed by atoms with Crippen LogP contribution < -0.4 is 5.73 Å². The van der Waals surface area contributed by atoms with Gasteiger partial charge >= 0.3 is 5.97 Å². The summed E-state index contributed by atoms with van der Waals surface area (Å²) in [4.78, 5) is 10.3. The maximum absolute atomic E-state index is 12.7. The van der Waals surface area contributed by atoms with Crippen molar-refractivity contribution < 1.29 is 14.3 Å². The van der Waals surface area contributed by atoms with Crippen LogP contribution in [-0.4, -0.2) is 11.1 Å². The molecule has 0 atom stereocenters. The van der Waals surface area contributed by atoms with Crippen molar-refractivity contribution in [3.8, 4) is 0 Å². The van der Waals surface area contributed by atoms with Gasteiger partial charge in [-0.3, -0.25) is 4.79 Å². The van der Waals surface area contributed by atoms with Crippen molar-refractivity contribution >= 4 is 23.3 Å². The maximum Gasteiger partial charge on any atom is 0.307 e. The highest BCUT2D eigenvalue weighted by molar-refractivity contribution is 6.34. The molecule has 0 heterocycles. The van der Waals surface area contributed by atoms with E-state index in [9.17, 15) is 9.18 Å². The fourth-order valence-electron chi connectivity index (χ4n) is 0.914. The largest absolute Gasteiger partial charge is 0.481 e. The Bertz CT molecular complexity index is 354. The number of hydrogen-bond donors (Lipinski definition) is 2. The molecule has 0 aliphatic rings. The van der Waals surface area contributed by atoms with Gasteiger partial charge in [0.1, 0.15) is 5.82 Å². The highest BCUT2D eigenvalue weighted by Gasteiger charge is 2.10. The van der Waals surface area contributed by atoms with Gasteiger partial charge in [0.25, 0.3) is 0 Å². The Morgan fingerprint density at radius 3 is 2.77 bits per heavy atom. The lowest BCUT2D eigenvalue weighted by Gasteiger charge is -2.04. The minimum Gasteiger partial charge on any atom is -0.481 e. The average molecular weight is 204 g/mol. The van der Waals surface area contributed by atoms with Gasteiger partial charge < -0.3 is 10.8 Å². The third kappa shape index (κ3) is 2.09. The van der Waals surface area contributed by atoms with Crippen LogP contribution in [0.1, 0.15) is 5.56 Å². The van der Waals surface area contributed by atoms with E-state index in [1.54, 1.807) is 0 Å². The summed E-state index contributed by atoms with van der Waals surface area (Å²) in [7, 11) is 0. The minimum atomic E-state index is -1.03. The van der Waals surface area contributed by atoms with E-state index in [0.29, 0.717) is 5.56 Å². The predicted molar refractivity (Wildman–Crippen MR) is 47.2 cm³/mol. The summed E-state index contributed by atoms with van der Waals surface area (Å²) < 4.78 is 12.7. The highest BCUT2D eigenvalue weighted by atomic mass is 35.5. The lowest BCUT2D eigenvalue weighted by Crippen LogP contribution is -2.03. The molecule has 1 aromatic rings. The van der Waals surface area contributed by atoms with E-state index in [4.69, 9.17) is 22.4 Å². The number of nitrogen functional groups attached to an aromatic ring is 1. The van der Waals surface area contributed by atoms with Crippen molar-refractivity contribution in [3.05, 3.63) is 28.5 Å². The maximum atomic E-state index is 12.7. The topological polar surface area (TPSA) is 63.3 Å². The Kier molecular flexibility index (Phi) is 2.72. The van der Waals surface area contributed by atoms with Crippen molar-refractivity contribution in [2.24, 2.45) is 0 Å².